The molecule has 1 aromatic heterocycles. The van der Waals surface area contributed by atoms with Crippen molar-refractivity contribution in [2.45, 2.75) is 40.9 Å². The molecule has 0 saturated carbocycles. The zero-order valence-electron chi connectivity index (χ0n) is 18.5. The Hall–Kier alpha value is -2.99. The number of ether oxygens (including phenoxy) is 1. The minimum atomic E-state index is -3.89. The SMILES string of the molecule is CC1CN(S(=O)(=O)c2ccc(NC(=O)c3ccc(S(=O)(=O)c4ccccc4)o3)cc2)CC(C)O1. The van der Waals surface area contributed by atoms with Gasteiger partial charge in [0.05, 0.1) is 22.0 Å². The third-order valence-corrected chi connectivity index (χ3v) is 8.75. The van der Waals surface area contributed by atoms with Crippen LogP contribution in [-0.4, -0.2) is 52.3 Å². The second kappa shape index (κ2) is 9.34. The third kappa shape index (κ3) is 4.92. The molecule has 1 saturated heterocycles. The van der Waals surface area contributed by atoms with Gasteiger partial charge >= 0.3 is 0 Å². The average Bonchev–Trinajstić information content (AvgIpc) is 3.31. The van der Waals surface area contributed by atoms with Gasteiger partial charge in [-0.05, 0) is 62.4 Å². The summed E-state index contributed by atoms with van der Waals surface area (Å²) in [5.74, 6) is -0.858. The van der Waals surface area contributed by atoms with Gasteiger partial charge in [-0.3, -0.25) is 4.79 Å². The Labute approximate surface area is 198 Å². The maximum Gasteiger partial charge on any atom is 0.291 e. The van der Waals surface area contributed by atoms with E-state index in [9.17, 15) is 21.6 Å². The van der Waals surface area contributed by atoms with E-state index in [0.717, 1.165) is 0 Å². The number of sulfonamides is 1. The van der Waals surface area contributed by atoms with Crippen molar-refractivity contribution < 1.29 is 30.8 Å². The molecule has 1 amide bonds. The normalized spacial score (nSPS) is 19.6. The fourth-order valence-corrected chi connectivity index (χ4v) is 6.47. The number of benzene rings is 2. The van der Waals surface area contributed by atoms with Gasteiger partial charge < -0.3 is 14.5 Å². The molecule has 11 heteroatoms. The maximum atomic E-state index is 13.0. The highest BCUT2D eigenvalue weighted by Crippen LogP contribution is 2.25. The highest BCUT2D eigenvalue weighted by molar-refractivity contribution is 7.91. The van der Waals surface area contributed by atoms with Crippen molar-refractivity contribution in [2.24, 2.45) is 0 Å². The Balaban J connectivity index is 1.47. The first-order chi connectivity index (χ1) is 16.1. The zero-order chi connectivity index (χ0) is 24.5. The van der Waals surface area contributed by atoms with E-state index in [4.69, 9.17) is 9.15 Å². The van der Waals surface area contributed by atoms with E-state index in [1.54, 1.807) is 18.2 Å². The van der Waals surface area contributed by atoms with Crippen LogP contribution in [0.2, 0.25) is 0 Å². The Morgan fingerprint density at radius 3 is 2.09 bits per heavy atom. The lowest BCUT2D eigenvalue weighted by Gasteiger charge is -2.34. The Kier molecular flexibility index (Phi) is 6.63. The minimum absolute atomic E-state index is 0.0529. The summed E-state index contributed by atoms with van der Waals surface area (Å²) in [5, 5.41) is 2.23. The first-order valence-electron chi connectivity index (χ1n) is 10.5. The van der Waals surface area contributed by atoms with E-state index in [-0.39, 0.29) is 45.9 Å². The molecule has 0 spiro atoms. The highest BCUT2D eigenvalue weighted by Gasteiger charge is 2.32. The molecule has 4 rings (SSSR count). The maximum absolute atomic E-state index is 13.0. The van der Waals surface area contributed by atoms with Crippen molar-refractivity contribution in [1.82, 2.24) is 4.31 Å². The number of morpholine rings is 1. The topological polar surface area (TPSA) is 123 Å². The predicted octanol–water partition coefficient (Wildman–Crippen LogP) is 3.16. The fraction of sp³-hybridized carbons (Fsp3) is 0.261. The van der Waals surface area contributed by atoms with Crippen LogP contribution in [0.25, 0.3) is 0 Å². The van der Waals surface area contributed by atoms with Crippen LogP contribution in [0.15, 0.2) is 86.0 Å². The van der Waals surface area contributed by atoms with Gasteiger partial charge in [0.2, 0.25) is 25.0 Å². The number of hydrogen-bond acceptors (Lipinski definition) is 7. The molecule has 0 radical (unpaired) electrons. The van der Waals surface area contributed by atoms with Crippen molar-refractivity contribution in [1.29, 1.82) is 0 Å². The van der Waals surface area contributed by atoms with Crippen LogP contribution in [-0.2, 0) is 24.6 Å². The van der Waals surface area contributed by atoms with E-state index in [0.29, 0.717) is 5.69 Å². The van der Waals surface area contributed by atoms with Crippen molar-refractivity contribution >= 4 is 31.5 Å². The largest absolute Gasteiger partial charge is 0.439 e. The first kappa shape index (κ1) is 24.1. The third-order valence-electron chi connectivity index (χ3n) is 5.26. The number of furan rings is 1. The standard InChI is InChI=1S/C23H24N2O7S2/c1-16-14-25(15-17(2)31-16)34(29,30)20-10-8-18(9-11-20)24-23(26)21-12-13-22(32-21)33(27,28)19-6-4-3-5-7-19/h3-13,16-17H,14-15H2,1-2H3,(H,24,26). The predicted molar refractivity (Wildman–Crippen MR) is 124 cm³/mol. The van der Waals surface area contributed by atoms with Crippen molar-refractivity contribution in [3.05, 3.63) is 72.5 Å². The number of hydrogen-bond donors (Lipinski definition) is 1. The molecule has 2 aromatic carbocycles. The lowest BCUT2D eigenvalue weighted by molar-refractivity contribution is -0.0440. The summed E-state index contributed by atoms with van der Waals surface area (Å²) in [6.45, 7) is 4.17. The zero-order valence-corrected chi connectivity index (χ0v) is 20.2. The van der Waals surface area contributed by atoms with Crippen LogP contribution in [0.5, 0.6) is 0 Å². The molecule has 3 aromatic rings. The second-order valence-electron chi connectivity index (χ2n) is 7.99. The minimum Gasteiger partial charge on any atom is -0.439 e. The van der Waals surface area contributed by atoms with Gasteiger partial charge in [0.25, 0.3) is 5.91 Å². The summed E-state index contributed by atoms with van der Waals surface area (Å²) in [6.07, 6.45) is -0.415. The number of carbonyl (C=O) groups is 1. The lowest BCUT2D eigenvalue weighted by atomic mass is 10.3. The smallest absolute Gasteiger partial charge is 0.291 e. The molecule has 1 aliphatic heterocycles. The molecule has 34 heavy (non-hydrogen) atoms. The average molecular weight is 505 g/mol. The molecular formula is C23H24N2O7S2. The van der Waals surface area contributed by atoms with Gasteiger partial charge in [0.1, 0.15) is 0 Å². The number of nitrogens with one attached hydrogen (secondary N) is 1. The van der Waals surface area contributed by atoms with Crippen molar-refractivity contribution in [3.63, 3.8) is 0 Å². The molecule has 0 bridgehead atoms. The van der Waals surface area contributed by atoms with Gasteiger partial charge in [0.15, 0.2) is 5.76 Å². The lowest BCUT2D eigenvalue weighted by Crippen LogP contribution is -2.48. The first-order valence-corrected chi connectivity index (χ1v) is 13.5. The quantitative estimate of drug-likeness (QED) is 0.547. The van der Waals surface area contributed by atoms with Gasteiger partial charge in [-0.2, -0.15) is 4.31 Å². The van der Waals surface area contributed by atoms with Gasteiger partial charge in [-0.15, -0.1) is 0 Å². The monoisotopic (exact) mass is 504 g/mol. The molecule has 2 unspecified atom stereocenters. The van der Waals surface area contributed by atoms with Crippen LogP contribution in [0.4, 0.5) is 5.69 Å². The van der Waals surface area contributed by atoms with Crippen LogP contribution < -0.4 is 5.32 Å². The van der Waals surface area contributed by atoms with E-state index in [2.05, 4.69) is 5.32 Å². The van der Waals surface area contributed by atoms with E-state index < -0.39 is 25.8 Å². The number of sulfone groups is 1. The number of carbonyl (C=O) groups excluding carboxylic acids is 1. The van der Waals surface area contributed by atoms with Gasteiger partial charge in [-0.25, -0.2) is 16.8 Å². The second-order valence-corrected chi connectivity index (χ2v) is 11.8. The van der Waals surface area contributed by atoms with Crippen LogP contribution in [0.1, 0.15) is 24.4 Å². The molecule has 1 aliphatic rings. The van der Waals surface area contributed by atoms with Crippen molar-refractivity contribution in [3.8, 4) is 0 Å². The number of anilines is 1. The highest BCUT2D eigenvalue weighted by atomic mass is 32.2. The molecule has 1 fully saturated rings. The number of amides is 1. The molecule has 9 nitrogen and oxygen atoms in total. The van der Waals surface area contributed by atoms with E-state index in [1.807, 2.05) is 13.8 Å². The summed E-state index contributed by atoms with van der Waals surface area (Å²) in [5.41, 5.74) is 0.330. The van der Waals surface area contributed by atoms with Crippen LogP contribution >= 0.6 is 0 Å². The van der Waals surface area contributed by atoms with Gasteiger partial charge in [0, 0.05) is 18.8 Å². The summed E-state index contributed by atoms with van der Waals surface area (Å²) in [6, 6.07) is 16.0. The Morgan fingerprint density at radius 2 is 1.47 bits per heavy atom. The summed E-state index contributed by atoms with van der Waals surface area (Å²) in [4.78, 5) is 12.7. The Bertz CT molecular complexity index is 1370. The van der Waals surface area contributed by atoms with Crippen molar-refractivity contribution in [2.75, 3.05) is 18.4 Å². The van der Waals surface area contributed by atoms with Crippen LogP contribution in [0, 0.1) is 0 Å². The number of rotatable bonds is 6. The summed E-state index contributed by atoms with van der Waals surface area (Å²) < 4.78 is 63.5. The molecule has 2 heterocycles. The molecular weight excluding hydrogens is 480 g/mol. The molecule has 2 atom stereocenters. The molecule has 180 valence electrons. The Morgan fingerprint density at radius 1 is 0.853 bits per heavy atom. The molecule has 1 N–H and O–H groups in total. The van der Waals surface area contributed by atoms with Gasteiger partial charge in [-0.1, -0.05) is 18.2 Å². The summed E-state index contributed by atoms with van der Waals surface area (Å²) >= 11 is 0. The summed E-state index contributed by atoms with van der Waals surface area (Å²) in [7, 11) is -7.60. The van der Waals surface area contributed by atoms with Crippen LogP contribution in [0.3, 0.4) is 0 Å². The number of nitrogens with zero attached hydrogens (tertiary/aromatic N) is 1. The fourth-order valence-electron chi connectivity index (χ4n) is 3.68. The molecule has 0 aliphatic carbocycles. The van der Waals surface area contributed by atoms with E-state index in [1.165, 1.54) is 52.8 Å². The van der Waals surface area contributed by atoms with E-state index >= 15 is 0 Å².